The highest BCUT2D eigenvalue weighted by atomic mass is 16.2. The molecule has 0 radical (unpaired) electrons. The van der Waals surface area contributed by atoms with E-state index in [0.29, 0.717) is 18.9 Å². The molecule has 0 fully saturated rings. The van der Waals surface area contributed by atoms with Crippen molar-refractivity contribution in [1.29, 1.82) is 0 Å². The fourth-order valence-corrected chi connectivity index (χ4v) is 3.18. The van der Waals surface area contributed by atoms with Crippen molar-refractivity contribution in [3.8, 4) is 11.4 Å². The first-order chi connectivity index (χ1) is 13.9. The van der Waals surface area contributed by atoms with Crippen molar-refractivity contribution in [2.24, 2.45) is 5.41 Å². The summed E-state index contributed by atoms with van der Waals surface area (Å²) < 4.78 is 0. The van der Waals surface area contributed by atoms with Crippen LogP contribution in [0.5, 0.6) is 0 Å². The van der Waals surface area contributed by atoms with Gasteiger partial charge in [-0.05, 0) is 49.1 Å². The van der Waals surface area contributed by atoms with Gasteiger partial charge in [-0.2, -0.15) is 4.80 Å². The minimum absolute atomic E-state index is 0.0384. The SMILES string of the molecule is CCCc1ccc(-c2nnn(CC(C)(C)C(=O)NCc3ccccc3C)n2)cc1. The zero-order chi connectivity index (χ0) is 20.9. The second kappa shape index (κ2) is 8.99. The van der Waals surface area contributed by atoms with E-state index >= 15 is 0 Å². The van der Waals surface area contributed by atoms with Crippen LogP contribution < -0.4 is 5.32 Å². The molecule has 1 heterocycles. The number of aromatic nitrogens is 4. The molecule has 0 unspecified atom stereocenters. The van der Waals surface area contributed by atoms with Crippen LogP contribution in [0.15, 0.2) is 48.5 Å². The van der Waals surface area contributed by atoms with E-state index in [1.165, 1.54) is 10.4 Å². The molecule has 0 bridgehead atoms. The van der Waals surface area contributed by atoms with E-state index in [2.05, 4.69) is 39.8 Å². The summed E-state index contributed by atoms with van der Waals surface area (Å²) in [5.41, 5.74) is 3.85. The van der Waals surface area contributed by atoms with Gasteiger partial charge < -0.3 is 5.32 Å². The molecular weight excluding hydrogens is 362 g/mol. The predicted octanol–water partition coefficient (Wildman–Crippen LogP) is 3.94. The van der Waals surface area contributed by atoms with Gasteiger partial charge >= 0.3 is 0 Å². The number of nitrogens with zero attached hydrogens (tertiary/aromatic N) is 4. The van der Waals surface area contributed by atoms with Crippen LogP contribution in [-0.4, -0.2) is 26.1 Å². The Morgan fingerprint density at radius 3 is 2.52 bits per heavy atom. The van der Waals surface area contributed by atoms with Gasteiger partial charge in [-0.25, -0.2) is 0 Å². The van der Waals surface area contributed by atoms with Crippen LogP contribution in [0.4, 0.5) is 0 Å². The van der Waals surface area contributed by atoms with Gasteiger partial charge in [-0.3, -0.25) is 4.79 Å². The lowest BCUT2D eigenvalue weighted by atomic mass is 9.92. The third kappa shape index (κ3) is 5.28. The lowest BCUT2D eigenvalue weighted by Crippen LogP contribution is -2.40. The molecule has 0 aliphatic heterocycles. The zero-order valence-corrected chi connectivity index (χ0v) is 17.6. The third-order valence-corrected chi connectivity index (χ3v) is 5.06. The summed E-state index contributed by atoms with van der Waals surface area (Å²) in [7, 11) is 0. The zero-order valence-electron chi connectivity index (χ0n) is 17.6. The van der Waals surface area contributed by atoms with Crippen LogP contribution in [0.3, 0.4) is 0 Å². The Hall–Kier alpha value is -3.02. The minimum atomic E-state index is -0.661. The lowest BCUT2D eigenvalue weighted by Gasteiger charge is -2.22. The van der Waals surface area contributed by atoms with E-state index in [0.717, 1.165) is 29.5 Å². The molecule has 29 heavy (non-hydrogen) atoms. The van der Waals surface area contributed by atoms with Crippen molar-refractivity contribution in [2.45, 2.75) is 53.6 Å². The molecule has 0 spiro atoms. The van der Waals surface area contributed by atoms with E-state index in [1.807, 2.05) is 57.2 Å². The number of amides is 1. The summed E-state index contributed by atoms with van der Waals surface area (Å²) in [6.45, 7) is 8.86. The van der Waals surface area contributed by atoms with E-state index < -0.39 is 5.41 Å². The number of tetrazole rings is 1. The van der Waals surface area contributed by atoms with Gasteiger partial charge in [0.15, 0.2) is 0 Å². The fourth-order valence-electron chi connectivity index (χ4n) is 3.18. The average molecular weight is 392 g/mol. The number of hydrogen-bond donors (Lipinski definition) is 1. The van der Waals surface area contributed by atoms with Crippen molar-refractivity contribution in [2.75, 3.05) is 0 Å². The molecule has 152 valence electrons. The molecule has 3 aromatic rings. The van der Waals surface area contributed by atoms with Crippen LogP contribution >= 0.6 is 0 Å². The quantitative estimate of drug-likeness (QED) is 0.631. The fraction of sp³-hybridized carbons (Fsp3) is 0.391. The molecule has 1 N–H and O–H groups in total. The molecule has 0 aliphatic rings. The van der Waals surface area contributed by atoms with Crippen molar-refractivity contribution >= 4 is 5.91 Å². The highest BCUT2D eigenvalue weighted by Gasteiger charge is 2.29. The average Bonchev–Trinajstić information content (AvgIpc) is 3.15. The smallest absolute Gasteiger partial charge is 0.227 e. The molecule has 0 saturated heterocycles. The maximum atomic E-state index is 12.7. The normalized spacial score (nSPS) is 11.4. The lowest BCUT2D eigenvalue weighted by molar-refractivity contribution is -0.130. The van der Waals surface area contributed by atoms with Crippen molar-refractivity contribution in [1.82, 2.24) is 25.5 Å². The second-order valence-corrected chi connectivity index (χ2v) is 8.08. The van der Waals surface area contributed by atoms with E-state index in [9.17, 15) is 4.79 Å². The number of aryl methyl sites for hydroxylation is 2. The Kier molecular flexibility index (Phi) is 6.42. The van der Waals surface area contributed by atoms with Crippen LogP contribution in [0.25, 0.3) is 11.4 Å². The highest BCUT2D eigenvalue weighted by molar-refractivity contribution is 5.81. The van der Waals surface area contributed by atoms with Gasteiger partial charge in [0, 0.05) is 12.1 Å². The van der Waals surface area contributed by atoms with Gasteiger partial charge in [-0.15, -0.1) is 10.2 Å². The van der Waals surface area contributed by atoms with E-state index in [1.54, 1.807) is 0 Å². The van der Waals surface area contributed by atoms with E-state index in [4.69, 9.17) is 0 Å². The molecular formula is C23H29N5O. The predicted molar refractivity (Wildman–Crippen MR) is 114 cm³/mol. The minimum Gasteiger partial charge on any atom is -0.351 e. The molecule has 6 heteroatoms. The van der Waals surface area contributed by atoms with Crippen LogP contribution in [0.2, 0.25) is 0 Å². The van der Waals surface area contributed by atoms with Crippen molar-refractivity contribution in [3.63, 3.8) is 0 Å². The molecule has 0 atom stereocenters. The number of benzene rings is 2. The Balaban J connectivity index is 1.62. The number of hydrogen-bond acceptors (Lipinski definition) is 4. The van der Waals surface area contributed by atoms with Crippen molar-refractivity contribution < 1.29 is 4.79 Å². The number of carbonyl (C=O) groups is 1. The number of rotatable bonds is 8. The summed E-state index contributed by atoms with van der Waals surface area (Å²) in [5.74, 6) is 0.535. The van der Waals surface area contributed by atoms with Gasteiger partial charge in [0.05, 0.1) is 12.0 Å². The molecule has 6 nitrogen and oxygen atoms in total. The maximum Gasteiger partial charge on any atom is 0.227 e. The first kappa shape index (κ1) is 20.7. The van der Waals surface area contributed by atoms with Gasteiger partial charge in [0.2, 0.25) is 11.7 Å². The Morgan fingerprint density at radius 1 is 1.10 bits per heavy atom. The molecule has 3 rings (SSSR count). The Labute approximate surface area is 172 Å². The topological polar surface area (TPSA) is 72.7 Å². The van der Waals surface area contributed by atoms with Crippen LogP contribution in [0.1, 0.15) is 43.9 Å². The monoisotopic (exact) mass is 391 g/mol. The summed E-state index contributed by atoms with van der Waals surface area (Å²) in [5, 5.41) is 15.8. The highest BCUT2D eigenvalue weighted by Crippen LogP contribution is 2.20. The molecule has 1 amide bonds. The summed E-state index contributed by atoms with van der Waals surface area (Å²) >= 11 is 0. The standard InChI is InChI=1S/C23H29N5O/c1-5-8-18-11-13-19(14-12-18)21-25-27-28(26-21)16-23(3,4)22(29)24-15-20-10-7-6-9-17(20)2/h6-7,9-14H,5,8,15-16H2,1-4H3,(H,24,29). The van der Waals surface area contributed by atoms with Gasteiger partial charge in [0.1, 0.15) is 0 Å². The molecule has 2 aromatic carbocycles. The Bertz CT molecular complexity index is 959. The van der Waals surface area contributed by atoms with Crippen LogP contribution in [-0.2, 0) is 24.3 Å². The Morgan fingerprint density at radius 2 is 1.83 bits per heavy atom. The van der Waals surface area contributed by atoms with Gasteiger partial charge in [-0.1, -0.05) is 61.9 Å². The third-order valence-electron chi connectivity index (χ3n) is 5.06. The maximum absolute atomic E-state index is 12.7. The molecule has 1 aromatic heterocycles. The number of nitrogens with one attached hydrogen (secondary N) is 1. The molecule has 0 aliphatic carbocycles. The number of carbonyl (C=O) groups excluding carboxylic acids is 1. The largest absolute Gasteiger partial charge is 0.351 e. The summed E-state index contributed by atoms with van der Waals surface area (Å²) in [6, 6.07) is 16.3. The first-order valence-electron chi connectivity index (χ1n) is 10.1. The summed E-state index contributed by atoms with van der Waals surface area (Å²) in [4.78, 5) is 14.2. The first-order valence-corrected chi connectivity index (χ1v) is 10.1. The molecule has 0 saturated carbocycles. The summed E-state index contributed by atoms with van der Waals surface area (Å²) in [6.07, 6.45) is 2.18. The van der Waals surface area contributed by atoms with Crippen molar-refractivity contribution in [3.05, 3.63) is 65.2 Å². The van der Waals surface area contributed by atoms with Crippen LogP contribution in [0, 0.1) is 12.3 Å². The second-order valence-electron chi connectivity index (χ2n) is 8.08. The van der Waals surface area contributed by atoms with Gasteiger partial charge in [0.25, 0.3) is 0 Å². The van der Waals surface area contributed by atoms with E-state index in [-0.39, 0.29) is 5.91 Å².